The summed E-state index contributed by atoms with van der Waals surface area (Å²) in [7, 11) is 0. The van der Waals surface area contributed by atoms with Gasteiger partial charge in [0, 0.05) is 14.9 Å². The summed E-state index contributed by atoms with van der Waals surface area (Å²) in [5.74, 6) is 0. The van der Waals surface area contributed by atoms with Crippen LogP contribution in [0.2, 0.25) is 0 Å². The van der Waals surface area contributed by atoms with E-state index in [1.165, 1.54) is 17.7 Å². The zero-order chi connectivity index (χ0) is 10.7. The minimum atomic E-state index is -0.0518. The topological polar surface area (TPSA) is 35.2 Å². The molecule has 2 nitrogen and oxygen atoms in total. The van der Waals surface area contributed by atoms with E-state index in [4.69, 9.17) is 10.5 Å². The van der Waals surface area contributed by atoms with Crippen molar-refractivity contribution in [3.8, 4) is 0 Å². The van der Waals surface area contributed by atoms with Crippen LogP contribution in [0.3, 0.4) is 0 Å². The molecule has 0 aromatic carbocycles. The Morgan fingerprint density at radius 1 is 1.47 bits per heavy atom. The lowest BCUT2D eigenvalue weighted by atomic mass is 10.0. The summed E-state index contributed by atoms with van der Waals surface area (Å²) in [5.41, 5.74) is 6.15. The quantitative estimate of drug-likeness (QED) is 0.923. The Bertz CT molecular complexity index is 320. The fourth-order valence-corrected chi connectivity index (χ4v) is 3.40. The molecule has 0 spiro atoms. The molecule has 0 amide bonds. The first kappa shape index (κ1) is 11.6. The molecule has 0 bridgehead atoms. The summed E-state index contributed by atoms with van der Waals surface area (Å²) in [5, 5.41) is 2.07. The maximum absolute atomic E-state index is 6.20. The Kier molecular flexibility index (Phi) is 3.83. The Morgan fingerprint density at radius 3 is 2.80 bits per heavy atom. The fourth-order valence-electron chi connectivity index (χ4n) is 2.00. The molecule has 2 N–H and O–H groups in total. The molecule has 1 aliphatic carbocycles. The average molecular weight is 290 g/mol. The third kappa shape index (κ3) is 3.03. The minimum absolute atomic E-state index is 0.0518. The van der Waals surface area contributed by atoms with E-state index in [1.54, 1.807) is 11.3 Å². The lowest BCUT2D eigenvalue weighted by Crippen LogP contribution is -2.41. The van der Waals surface area contributed by atoms with Gasteiger partial charge in [0.1, 0.15) is 0 Å². The van der Waals surface area contributed by atoms with Crippen LogP contribution in [-0.2, 0) is 11.3 Å². The molecule has 1 fully saturated rings. The first-order valence-corrected chi connectivity index (χ1v) is 6.95. The first-order valence-electron chi connectivity index (χ1n) is 5.28. The molecular formula is C11H16BrNOS. The van der Waals surface area contributed by atoms with Crippen LogP contribution in [0.5, 0.6) is 0 Å². The highest BCUT2D eigenvalue weighted by atomic mass is 79.9. The van der Waals surface area contributed by atoms with Gasteiger partial charge in [-0.25, -0.2) is 0 Å². The minimum Gasteiger partial charge on any atom is -0.374 e. The molecular weight excluding hydrogens is 274 g/mol. The van der Waals surface area contributed by atoms with Gasteiger partial charge >= 0.3 is 0 Å². The highest BCUT2D eigenvalue weighted by Crippen LogP contribution is 2.28. The lowest BCUT2D eigenvalue weighted by molar-refractivity contribution is 0.0764. The predicted molar refractivity (Wildman–Crippen MR) is 67.1 cm³/mol. The standard InChI is InChI=1S/C11H16BrNOS/c12-9-3-6-15-10(9)7-14-8-11(13)4-1-2-5-11/h3,6H,1-2,4-5,7-8,13H2. The van der Waals surface area contributed by atoms with Crippen molar-refractivity contribution < 1.29 is 4.74 Å². The van der Waals surface area contributed by atoms with Gasteiger partial charge in [0.2, 0.25) is 0 Å². The van der Waals surface area contributed by atoms with Crippen molar-refractivity contribution in [2.24, 2.45) is 5.73 Å². The van der Waals surface area contributed by atoms with Crippen LogP contribution >= 0.6 is 27.3 Å². The fraction of sp³-hybridized carbons (Fsp3) is 0.636. The second-order valence-corrected chi connectivity index (χ2v) is 6.11. The van der Waals surface area contributed by atoms with Gasteiger partial charge in [0.05, 0.1) is 13.2 Å². The molecule has 0 saturated heterocycles. The van der Waals surface area contributed by atoms with Gasteiger partial charge in [-0.15, -0.1) is 11.3 Å². The number of rotatable bonds is 4. The number of ether oxygens (including phenoxy) is 1. The Morgan fingerprint density at radius 2 is 2.20 bits per heavy atom. The molecule has 1 aromatic heterocycles. The second-order valence-electron chi connectivity index (χ2n) is 4.25. The summed E-state index contributed by atoms with van der Waals surface area (Å²) in [6, 6.07) is 2.05. The van der Waals surface area contributed by atoms with Crippen LogP contribution in [0, 0.1) is 0 Å². The molecule has 1 heterocycles. The van der Waals surface area contributed by atoms with Gasteiger partial charge in [0.25, 0.3) is 0 Å². The predicted octanol–water partition coefficient (Wildman–Crippen LogP) is 3.30. The van der Waals surface area contributed by atoms with Crippen LogP contribution < -0.4 is 5.73 Å². The van der Waals surface area contributed by atoms with Gasteiger partial charge < -0.3 is 10.5 Å². The monoisotopic (exact) mass is 289 g/mol. The average Bonchev–Trinajstić information content (AvgIpc) is 2.78. The Hall–Kier alpha value is 0.100. The van der Waals surface area contributed by atoms with Crippen molar-refractivity contribution in [3.05, 3.63) is 20.8 Å². The van der Waals surface area contributed by atoms with Crippen LogP contribution in [-0.4, -0.2) is 12.1 Å². The third-order valence-corrected chi connectivity index (χ3v) is 4.81. The van der Waals surface area contributed by atoms with E-state index in [2.05, 4.69) is 27.4 Å². The van der Waals surface area contributed by atoms with Gasteiger partial charge in [-0.3, -0.25) is 0 Å². The molecule has 1 aromatic rings. The van der Waals surface area contributed by atoms with Gasteiger partial charge in [-0.1, -0.05) is 12.8 Å². The molecule has 1 aliphatic rings. The highest BCUT2D eigenvalue weighted by Gasteiger charge is 2.29. The number of hydrogen-bond donors (Lipinski definition) is 1. The van der Waals surface area contributed by atoms with Crippen LogP contribution in [0.25, 0.3) is 0 Å². The number of hydrogen-bond acceptors (Lipinski definition) is 3. The van der Waals surface area contributed by atoms with Crippen molar-refractivity contribution in [2.45, 2.75) is 37.8 Å². The van der Waals surface area contributed by atoms with Crippen molar-refractivity contribution in [2.75, 3.05) is 6.61 Å². The first-order chi connectivity index (χ1) is 7.20. The summed E-state index contributed by atoms with van der Waals surface area (Å²) in [6.07, 6.45) is 4.72. The normalized spacial score (nSPS) is 19.6. The van der Waals surface area contributed by atoms with E-state index >= 15 is 0 Å². The SMILES string of the molecule is NC1(COCc2sccc2Br)CCCC1. The van der Waals surface area contributed by atoms with Crippen molar-refractivity contribution in [3.63, 3.8) is 0 Å². The smallest absolute Gasteiger partial charge is 0.0821 e. The molecule has 84 valence electrons. The molecule has 0 radical (unpaired) electrons. The number of halogens is 1. The van der Waals surface area contributed by atoms with E-state index in [-0.39, 0.29) is 5.54 Å². The van der Waals surface area contributed by atoms with Crippen molar-refractivity contribution in [1.82, 2.24) is 0 Å². The van der Waals surface area contributed by atoms with E-state index < -0.39 is 0 Å². The summed E-state index contributed by atoms with van der Waals surface area (Å²) in [6.45, 7) is 1.37. The van der Waals surface area contributed by atoms with E-state index in [9.17, 15) is 0 Å². The highest BCUT2D eigenvalue weighted by molar-refractivity contribution is 9.10. The second kappa shape index (κ2) is 4.95. The summed E-state index contributed by atoms with van der Waals surface area (Å²) < 4.78 is 6.84. The van der Waals surface area contributed by atoms with E-state index in [1.807, 2.05) is 0 Å². The van der Waals surface area contributed by atoms with Gasteiger partial charge in [-0.2, -0.15) is 0 Å². The molecule has 0 unspecified atom stereocenters. The van der Waals surface area contributed by atoms with Crippen LogP contribution in [0.4, 0.5) is 0 Å². The molecule has 0 aliphatic heterocycles. The number of nitrogens with two attached hydrogens (primary N) is 1. The molecule has 0 atom stereocenters. The summed E-state index contributed by atoms with van der Waals surface area (Å²) in [4.78, 5) is 1.25. The molecule has 1 saturated carbocycles. The van der Waals surface area contributed by atoms with Gasteiger partial charge in [0.15, 0.2) is 0 Å². The molecule has 4 heteroatoms. The Labute approximate surface area is 103 Å². The third-order valence-electron chi connectivity index (χ3n) is 2.91. The Balaban J connectivity index is 1.77. The molecule has 2 rings (SSSR count). The van der Waals surface area contributed by atoms with E-state index in [0.29, 0.717) is 13.2 Å². The number of thiophene rings is 1. The maximum atomic E-state index is 6.20. The van der Waals surface area contributed by atoms with Crippen molar-refractivity contribution in [1.29, 1.82) is 0 Å². The summed E-state index contributed by atoms with van der Waals surface area (Å²) >= 11 is 5.21. The largest absolute Gasteiger partial charge is 0.374 e. The zero-order valence-corrected chi connectivity index (χ0v) is 11.1. The van der Waals surface area contributed by atoms with Crippen molar-refractivity contribution >= 4 is 27.3 Å². The maximum Gasteiger partial charge on any atom is 0.0821 e. The van der Waals surface area contributed by atoms with Gasteiger partial charge in [-0.05, 0) is 40.2 Å². The van der Waals surface area contributed by atoms with Crippen LogP contribution in [0.15, 0.2) is 15.9 Å². The van der Waals surface area contributed by atoms with E-state index in [0.717, 1.165) is 17.3 Å². The zero-order valence-electron chi connectivity index (χ0n) is 8.67. The molecule has 15 heavy (non-hydrogen) atoms. The lowest BCUT2D eigenvalue weighted by Gasteiger charge is -2.22. The van der Waals surface area contributed by atoms with Crippen LogP contribution in [0.1, 0.15) is 30.6 Å².